The van der Waals surface area contributed by atoms with E-state index in [-0.39, 0.29) is 11.9 Å². The van der Waals surface area contributed by atoms with E-state index in [4.69, 9.17) is 4.74 Å². The monoisotopic (exact) mass is 419 g/mol. The SMILES string of the molecule is CN=C(NCCCc1nc(C)cs1)NCC(c1ccc(F)cc1)N1CCOCC1. The molecule has 2 aromatic rings. The number of morpholine rings is 1. The summed E-state index contributed by atoms with van der Waals surface area (Å²) in [4.78, 5) is 11.2. The van der Waals surface area contributed by atoms with Gasteiger partial charge in [0, 0.05) is 50.7 Å². The lowest BCUT2D eigenvalue weighted by atomic mass is 10.0. The summed E-state index contributed by atoms with van der Waals surface area (Å²) >= 11 is 1.72. The molecular weight excluding hydrogens is 389 g/mol. The lowest BCUT2D eigenvalue weighted by Crippen LogP contribution is -2.46. The number of thiazole rings is 1. The van der Waals surface area contributed by atoms with Crippen LogP contribution in [0.4, 0.5) is 4.39 Å². The van der Waals surface area contributed by atoms with Gasteiger partial charge in [-0.1, -0.05) is 12.1 Å². The predicted octanol–water partition coefficient (Wildman–Crippen LogP) is 2.76. The van der Waals surface area contributed by atoms with Crippen molar-refractivity contribution in [3.63, 3.8) is 0 Å². The number of aryl methyl sites for hydroxylation is 2. The van der Waals surface area contributed by atoms with Crippen molar-refractivity contribution in [2.75, 3.05) is 46.4 Å². The normalized spacial score (nSPS) is 16.6. The molecule has 0 amide bonds. The third-order valence-electron chi connectivity index (χ3n) is 4.95. The van der Waals surface area contributed by atoms with Crippen LogP contribution >= 0.6 is 11.3 Å². The molecule has 0 radical (unpaired) electrons. The Morgan fingerprint density at radius 1 is 1.28 bits per heavy atom. The number of hydrogen-bond acceptors (Lipinski definition) is 5. The fourth-order valence-corrected chi connectivity index (χ4v) is 4.23. The summed E-state index contributed by atoms with van der Waals surface area (Å²) in [5, 5.41) is 10.1. The van der Waals surface area contributed by atoms with Crippen LogP contribution in [0.3, 0.4) is 0 Å². The van der Waals surface area contributed by atoms with Crippen molar-refractivity contribution in [1.82, 2.24) is 20.5 Å². The number of ether oxygens (including phenoxy) is 1. The molecule has 1 unspecified atom stereocenters. The van der Waals surface area contributed by atoms with Crippen LogP contribution in [-0.2, 0) is 11.2 Å². The van der Waals surface area contributed by atoms with Gasteiger partial charge in [0.2, 0.25) is 0 Å². The first-order valence-electron chi connectivity index (χ1n) is 10.1. The van der Waals surface area contributed by atoms with E-state index in [2.05, 4.69) is 30.9 Å². The van der Waals surface area contributed by atoms with Gasteiger partial charge in [0.15, 0.2) is 5.96 Å². The van der Waals surface area contributed by atoms with Crippen LogP contribution in [0.25, 0.3) is 0 Å². The van der Waals surface area contributed by atoms with Crippen molar-refractivity contribution in [3.05, 3.63) is 51.7 Å². The van der Waals surface area contributed by atoms with Crippen molar-refractivity contribution < 1.29 is 9.13 Å². The highest BCUT2D eigenvalue weighted by Gasteiger charge is 2.23. The van der Waals surface area contributed by atoms with E-state index in [1.807, 2.05) is 19.1 Å². The van der Waals surface area contributed by atoms with Crippen LogP contribution in [0, 0.1) is 12.7 Å². The first-order chi connectivity index (χ1) is 14.2. The van der Waals surface area contributed by atoms with Gasteiger partial charge >= 0.3 is 0 Å². The molecule has 8 heteroatoms. The number of aliphatic imine (C=N–C) groups is 1. The third-order valence-corrected chi connectivity index (χ3v) is 5.98. The maximum absolute atomic E-state index is 13.4. The summed E-state index contributed by atoms with van der Waals surface area (Å²) in [7, 11) is 1.78. The van der Waals surface area contributed by atoms with Crippen LogP contribution in [0.1, 0.15) is 28.7 Å². The van der Waals surface area contributed by atoms with Gasteiger partial charge in [0.1, 0.15) is 5.82 Å². The van der Waals surface area contributed by atoms with Gasteiger partial charge in [-0.3, -0.25) is 9.89 Å². The molecule has 1 aliphatic heterocycles. The Balaban J connectivity index is 1.51. The number of halogens is 1. The summed E-state index contributed by atoms with van der Waals surface area (Å²) < 4.78 is 18.9. The summed E-state index contributed by atoms with van der Waals surface area (Å²) in [6.45, 7) is 6.72. The average Bonchev–Trinajstić information content (AvgIpc) is 3.16. The Morgan fingerprint density at radius 3 is 2.69 bits per heavy atom. The number of nitrogens with zero attached hydrogens (tertiary/aromatic N) is 3. The van der Waals surface area contributed by atoms with Crippen LogP contribution in [0.15, 0.2) is 34.6 Å². The Kier molecular flexibility index (Phi) is 8.39. The highest BCUT2D eigenvalue weighted by atomic mass is 32.1. The van der Waals surface area contributed by atoms with Gasteiger partial charge in [-0.05, 0) is 31.0 Å². The molecule has 1 aliphatic rings. The predicted molar refractivity (Wildman–Crippen MR) is 116 cm³/mol. The maximum Gasteiger partial charge on any atom is 0.191 e. The summed E-state index contributed by atoms with van der Waals surface area (Å²) in [6.07, 6.45) is 1.97. The molecule has 2 heterocycles. The first kappa shape index (κ1) is 21.7. The third kappa shape index (κ3) is 6.76. The summed E-state index contributed by atoms with van der Waals surface area (Å²) in [5.41, 5.74) is 2.18. The van der Waals surface area contributed by atoms with E-state index in [1.54, 1.807) is 18.4 Å². The zero-order chi connectivity index (χ0) is 20.5. The molecule has 6 nitrogen and oxygen atoms in total. The van der Waals surface area contributed by atoms with Gasteiger partial charge in [-0.2, -0.15) is 0 Å². The Bertz CT molecular complexity index is 774. The second-order valence-corrected chi connectivity index (χ2v) is 8.02. The van der Waals surface area contributed by atoms with Crippen molar-refractivity contribution in [2.24, 2.45) is 4.99 Å². The molecule has 0 saturated carbocycles. The van der Waals surface area contributed by atoms with Crippen LogP contribution < -0.4 is 10.6 Å². The molecule has 1 aromatic carbocycles. The molecule has 1 atom stereocenters. The second kappa shape index (κ2) is 11.2. The minimum absolute atomic E-state index is 0.136. The molecule has 0 bridgehead atoms. The first-order valence-corrected chi connectivity index (χ1v) is 11.0. The molecule has 2 N–H and O–H groups in total. The summed E-state index contributed by atoms with van der Waals surface area (Å²) in [6, 6.07) is 6.91. The fraction of sp³-hybridized carbons (Fsp3) is 0.524. The van der Waals surface area contributed by atoms with Crippen molar-refractivity contribution in [1.29, 1.82) is 0 Å². The maximum atomic E-state index is 13.4. The van der Waals surface area contributed by atoms with Gasteiger partial charge in [0.25, 0.3) is 0 Å². The van der Waals surface area contributed by atoms with E-state index in [1.165, 1.54) is 17.1 Å². The molecule has 0 aliphatic carbocycles. The highest BCUT2D eigenvalue weighted by molar-refractivity contribution is 7.09. The minimum Gasteiger partial charge on any atom is -0.379 e. The van der Waals surface area contributed by atoms with E-state index >= 15 is 0 Å². The zero-order valence-corrected chi connectivity index (χ0v) is 18.0. The Labute approximate surface area is 176 Å². The van der Waals surface area contributed by atoms with Gasteiger partial charge < -0.3 is 15.4 Å². The lowest BCUT2D eigenvalue weighted by molar-refractivity contribution is 0.0170. The largest absolute Gasteiger partial charge is 0.379 e. The molecule has 1 fully saturated rings. The minimum atomic E-state index is -0.213. The lowest BCUT2D eigenvalue weighted by Gasteiger charge is -2.35. The number of nitrogens with one attached hydrogen (secondary N) is 2. The summed E-state index contributed by atoms with van der Waals surface area (Å²) in [5.74, 6) is 0.566. The molecule has 158 valence electrons. The number of benzene rings is 1. The number of rotatable bonds is 8. The van der Waals surface area contributed by atoms with Gasteiger partial charge in [0.05, 0.1) is 24.3 Å². The van der Waals surface area contributed by atoms with Crippen molar-refractivity contribution in [3.8, 4) is 0 Å². The van der Waals surface area contributed by atoms with E-state index in [0.717, 1.165) is 62.9 Å². The molecule has 1 saturated heterocycles. The number of aromatic nitrogens is 1. The highest BCUT2D eigenvalue weighted by Crippen LogP contribution is 2.21. The Hall–Kier alpha value is -2.03. The molecular formula is C21H30FN5OS. The van der Waals surface area contributed by atoms with Crippen molar-refractivity contribution in [2.45, 2.75) is 25.8 Å². The molecule has 1 aromatic heterocycles. The topological polar surface area (TPSA) is 61.8 Å². The number of guanidine groups is 1. The quantitative estimate of drug-likeness (QED) is 0.391. The molecule has 3 rings (SSSR count). The van der Waals surface area contributed by atoms with Crippen LogP contribution in [-0.4, -0.2) is 62.3 Å². The van der Waals surface area contributed by atoms with E-state index < -0.39 is 0 Å². The average molecular weight is 420 g/mol. The van der Waals surface area contributed by atoms with E-state index in [0.29, 0.717) is 6.54 Å². The molecule has 0 spiro atoms. The Morgan fingerprint density at radius 2 is 2.03 bits per heavy atom. The molecule has 29 heavy (non-hydrogen) atoms. The second-order valence-electron chi connectivity index (χ2n) is 7.08. The van der Waals surface area contributed by atoms with Crippen LogP contribution in [0.5, 0.6) is 0 Å². The van der Waals surface area contributed by atoms with Gasteiger partial charge in [-0.25, -0.2) is 9.37 Å². The van der Waals surface area contributed by atoms with E-state index in [9.17, 15) is 4.39 Å². The van der Waals surface area contributed by atoms with Gasteiger partial charge in [-0.15, -0.1) is 11.3 Å². The fourth-order valence-electron chi connectivity index (χ4n) is 3.41. The zero-order valence-electron chi connectivity index (χ0n) is 17.2. The standard InChI is InChI=1S/C21H30FN5OS/c1-16-15-29-20(26-16)4-3-9-24-21(23-2)25-14-19(27-10-12-28-13-11-27)17-5-7-18(22)8-6-17/h5-8,15,19H,3-4,9-14H2,1-2H3,(H2,23,24,25). The van der Waals surface area contributed by atoms with Crippen molar-refractivity contribution >= 4 is 17.3 Å². The van der Waals surface area contributed by atoms with Crippen LogP contribution in [0.2, 0.25) is 0 Å². The smallest absolute Gasteiger partial charge is 0.191 e. The number of hydrogen-bond donors (Lipinski definition) is 2.